The van der Waals surface area contributed by atoms with Crippen LogP contribution in [0, 0.1) is 5.41 Å². The first-order valence-electron chi connectivity index (χ1n) is 8.68. The lowest BCUT2D eigenvalue weighted by Crippen LogP contribution is -2.46. The SMILES string of the molecule is CCCCOC(=O)N1CCC(C)(C(=O)OCc2ccccc2)CC1. The Balaban J connectivity index is 1.78. The standard InChI is InChI=1S/C19H27NO4/c1-3-4-14-23-18(22)20-12-10-19(2,11-13-20)17(21)24-15-16-8-6-5-7-9-16/h5-9H,3-4,10-15H2,1-2H3. The van der Waals surface area contributed by atoms with E-state index in [2.05, 4.69) is 6.92 Å². The van der Waals surface area contributed by atoms with Gasteiger partial charge in [0.25, 0.3) is 0 Å². The number of ether oxygens (including phenoxy) is 2. The maximum atomic E-state index is 12.4. The summed E-state index contributed by atoms with van der Waals surface area (Å²) in [5.74, 6) is -0.189. The van der Waals surface area contributed by atoms with Crippen molar-refractivity contribution in [2.45, 2.75) is 46.1 Å². The molecule has 1 aliphatic heterocycles. The van der Waals surface area contributed by atoms with Crippen LogP contribution in [0.3, 0.4) is 0 Å². The Kier molecular flexibility index (Phi) is 6.64. The lowest BCUT2D eigenvalue weighted by molar-refractivity contribution is -0.159. The van der Waals surface area contributed by atoms with Crippen molar-refractivity contribution >= 4 is 12.1 Å². The highest BCUT2D eigenvalue weighted by molar-refractivity contribution is 5.77. The average molecular weight is 333 g/mol. The van der Waals surface area contributed by atoms with Crippen molar-refractivity contribution in [2.75, 3.05) is 19.7 Å². The zero-order valence-electron chi connectivity index (χ0n) is 14.6. The highest BCUT2D eigenvalue weighted by Crippen LogP contribution is 2.32. The number of unbranched alkanes of at least 4 members (excludes halogenated alkanes) is 1. The third kappa shape index (κ3) is 4.98. The van der Waals surface area contributed by atoms with E-state index in [0.29, 0.717) is 32.5 Å². The third-order valence-electron chi connectivity index (χ3n) is 4.55. The van der Waals surface area contributed by atoms with Gasteiger partial charge < -0.3 is 14.4 Å². The van der Waals surface area contributed by atoms with E-state index in [-0.39, 0.29) is 18.7 Å². The van der Waals surface area contributed by atoms with Crippen molar-refractivity contribution < 1.29 is 19.1 Å². The molecular weight excluding hydrogens is 306 g/mol. The van der Waals surface area contributed by atoms with Crippen LogP contribution >= 0.6 is 0 Å². The van der Waals surface area contributed by atoms with Crippen molar-refractivity contribution in [3.05, 3.63) is 35.9 Å². The molecule has 0 unspecified atom stereocenters. The topological polar surface area (TPSA) is 55.8 Å². The number of nitrogens with zero attached hydrogens (tertiary/aromatic N) is 1. The van der Waals surface area contributed by atoms with Crippen LogP contribution in [-0.2, 0) is 20.9 Å². The average Bonchev–Trinajstić information content (AvgIpc) is 2.61. The first-order valence-corrected chi connectivity index (χ1v) is 8.68. The number of hydrogen-bond acceptors (Lipinski definition) is 4. The second kappa shape index (κ2) is 8.71. The highest BCUT2D eigenvalue weighted by atomic mass is 16.6. The van der Waals surface area contributed by atoms with Gasteiger partial charge in [0.2, 0.25) is 0 Å². The van der Waals surface area contributed by atoms with E-state index in [0.717, 1.165) is 18.4 Å². The summed E-state index contributed by atoms with van der Waals surface area (Å²) in [6.45, 7) is 5.78. The number of carbonyl (C=O) groups is 2. The van der Waals surface area contributed by atoms with E-state index in [1.807, 2.05) is 37.3 Å². The van der Waals surface area contributed by atoms with Crippen molar-refractivity contribution in [1.29, 1.82) is 0 Å². The largest absolute Gasteiger partial charge is 0.460 e. The van der Waals surface area contributed by atoms with Gasteiger partial charge in [-0.25, -0.2) is 4.79 Å². The van der Waals surface area contributed by atoms with Crippen molar-refractivity contribution in [3.63, 3.8) is 0 Å². The van der Waals surface area contributed by atoms with E-state index < -0.39 is 5.41 Å². The van der Waals surface area contributed by atoms with Crippen molar-refractivity contribution in [1.82, 2.24) is 4.90 Å². The van der Waals surface area contributed by atoms with E-state index in [9.17, 15) is 9.59 Å². The molecular formula is C19H27NO4. The number of rotatable bonds is 6. The molecule has 0 spiro atoms. The Morgan fingerprint density at radius 2 is 1.79 bits per heavy atom. The first-order chi connectivity index (χ1) is 11.5. The summed E-state index contributed by atoms with van der Waals surface area (Å²) in [6, 6.07) is 9.65. The summed E-state index contributed by atoms with van der Waals surface area (Å²) >= 11 is 0. The molecule has 0 aliphatic carbocycles. The summed E-state index contributed by atoms with van der Waals surface area (Å²) in [7, 11) is 0. The molecule has 2 rings (SSSR count). The van der Waals surface area contributed by atoms with Gasteiger partial charge in [-0.1, -0.05) is 43.7 Å². The van der Waals surface area contributed by atoms with Crippen molar-refractivity contribution in [2.24, 2.45) is 5.41 Å². The molecule has 24 heavy (non-hydrogen) atoms. The summed E-state index contributed by atoms with van der Waals surface area (Å²) < 4.78 is 10.7. The number of carbonyl (C=O) groups excluding carboxylic acids is 2. The molecule has 1 saturated heterocycles. The Morgan fingerprint density at radius 1 is 1.12 bits per heavy atom. The number of likely N-dealkylation sites (tertiary alicyclic amines) is 1. The monoisotopic (exact) mass is 333 g/mol. The molecule has 5 nitrogen and oxygen atoms in total. The predicted molar refractivity (Wildman–Crippen MR) is 91.4 cm³/mol. The van der Waals surface area contributed by atoms with Gasteiger partial charge in [-0.2, -0.15) is 0 Å². The molecule has 0 aromatic heterocycles. The van der Waals surface area contributed by atoms with Gasteiger partial charge >= 0.3 is 12.1 Å². The minimum absolute atomic E-state index is 0.189. The fraction of sp³-hybridized carbons (Fsp3) is 0.579. The molecule has 1 aromatic carbocycles. The van der Waals surface area contributed by atoms with Crippen LogP contribution in [0.2, 0.25) is 0 Å². The Morgan fingerprint density at radius 3 is 2.42 bits per heavy atom. The summed E-state index contributed by atoms with van der Waals surface area (Å²) in [5.41, 5.74) is 0.445. The minimum atomic E-state index is -0.533. The molecule has 132 valence electrons. The zero-order chi connectivity index (χ0) is 17.4. The van der Waals surface area contributed by atoms with Crippen LogP contribution in [0.25, 0.3) is 0 Å². The number of piperidine rings is 1. The number of benzene rings is 1. The number of esters is 1. The Hall–Kier alpha value is -2.04. The van der Waals surface area contributed by atoms with Crippen molar-refractivity contribution in [3.8, 4) is 0 Å². The number of amides is 1. The number of hydrogen-bond donors (Lipinski definition) is 0. The van der Waals surface area contributed by atoms with E-state index in [4.69, 9.17) is 9.47 Å². The minimum Gasteiger partial charge on any atom is -0.460 e. The Labute approximate surface area is 143 Å². The first kappa shape index (κ1) is 18.3. The normalized spacial score (nSPS) is 16.5. The fourth-order valence-corrected chi connectivity index (χ4v) is 2.68. The highest BCUT2D eigenvalue weighted by Gasteiger charge is 2.39. The molecule has 0 N–H and O–H groups in total. The molecule has 1 aromatic rings. The summed E-state index contributed by atoms with van der Waals surface area (Å²) in [6.07, 6.45) is 2.80. The second-order valence-corrected chi connectivity index (χ2v) is 6.58. The molecule has 1 amide bonds. The second-order valence-electron chi connectivity index (χ2n) is 6.58. The maximum Gasteiger partial charge on any atom is 0.409 e. The molecule has 0 radical (unpaired) electrons. The van der Waals surface area contributed by atoms with Gasteiger partial charge in [-0.15, -0.1) is 0 Å². The molecule has 1 aliphatic rings. The van der Waals surface area contributed by atoms with E-state index >= 15 is 0 Å². The van der Waals surface area contributed by atoms with Crippen LogP contribution in [-0.4, -0.2) is 36.7 Å². The van der Waals surface area contributed by atoms with Gasteiger partial charge in [0, 0.05) is 13.1 Å². The molecule has 0 bridgehead atoms. The van der Waals surface area contributed by atoms with Crippen LogP contribution in [0.15, 0.2) is 30.3 Å². The summed E-state index contributed by atoms with van der Waals surface area (Å²) in [4.78, 5) is 26.1. The third-order valence-corrected chi connectivity index (χ3v) is 4.55. The van der Waals surface area contributed by atoms with E-state index in [1.54, 1.807) is 4.90 Å². The van der Waals surface area contributed by atoms with Crippen LogP contribution < -0.4 is 0 Å². The van der Waals surface area contributed by atoms with Gasteiger partial charge in [-0.3, -0.25) is 4.79 Å². The van der Waals surface area contributed by atoms with Gasteiger partial charge in [0.05, 0.1) is 12.0 Å². The lowest BCUT2D eigenvalue weighted by Gasteiger charge is -2.36. The smallest absolute Gasteiger partial charge is 0.409 e. The van der Waals surface area contributed by atoms with Crippen LogP contribution in [0.5, 0.6) is 0 Å². The maximum absolute atomic E-state index is 12.4. The Bertz CT molecular complexity index is 536. The van der Waals surface area contributed by atoms with Gasteiger partial charge in [-0.05, 0) is 31.7 Å². The molecule has 0 saturated carbocycles. The van der Waals surface area contributed by atoms with Gasteiger partial charge in [0.1, 0.15) is 6.61 Å². The summed E-state index contributed by atoms with van der Waals surface area (Å²) in [5, 5.41) is 0. The molecule has 0 atom stereocenters. The molecule has 1 heterocycles. The molecule has 5 heteroatoms. The quantitative estimate of drug-likeness (QED) is 0.587. The zero-order valence-corrected chi connectivity index (χ0v) is 14.6. The van der Waals surface area contributed by atoms with Crippen LogP contribution in [0.1, 0.15) is 45.1 Å². The van der Waals surface area contributed by atoms with Gasteiger partial charge in [0.15, 0.2) is 0 Å². The van der Waals surface area contributed by atoms with E-state index in [1.165, 1.54) is 0 Å². The fourth-order valence-electron chi connectivity index (χ4n) is 2.68. The lowest BCUT2D eigenvalue weighted by atomic mass is 9.80. The molecule has 1 fully saturated rings. The van der Waals surface area contributed by atoms with Crippen LogP contribution in [0.4, 0.5) is 4.79 Å². The predicted octanol–water partition coefficient (Wildman–Crippen LogP) is 3.77.